The molecule has 3 heteroatoms. The van der Waals surface area contributed by atoms with E-state index in [0.717, 1.165) is 12.0 Å². The first kappa shape index (κ1) is 10.9. The van der Waals surface area contributed by atoms with E-state index >= 15 is 0 Å². The molecule has 0 amide bonds. The minimum absolute atomic E-state index is 0.0280. The first-order chi connectivity index (χ1) is 7.18. The lowest BCUT2D eigenvalue weighted by atomic mass is 9.76. The van der Waals surface area contributed by atoms with Crippen LogP contribution in [0.5, 0.6) is 0 Å². The molecule has 1 aromatic rings. The monoisotopic (exact) mass is 228 g/mol. The normalized spacial score (nSPS) is 18.6. The lowest BCUT2D eigenvalue weighted by Crippen LogP contribution is -2.47. The lowest BCUT2D eigenvalue weighted by Gasteiger charge is -2.42. The summed E-state index contributed by atoms with van der Waals surface area (Å²) in [6.45, 7) is 3.18. The van der Waals surface area contributed by atoms with Gasteiger partial charge in [0.15, 0.2) is 0 Å². The van der Waals surface area contributed by atoms with Gasteiger partial charge in [0.1, 0.15) is 5.82 Å². The number of hydrogen-bond acceptors (Lipinski definition) is 1. The second-order valence-corrected chi connectivity index (χ2v) is 4.55. The van der Waals surface area contributed by atoms with E-state index in [1.165, 1.54) is 6.07 Å². The molecule has 1 fully saturated rings. The van der Waals surface area contributed by atoms with E-state index in [-0.39, 0.29) is 11.2 Å². The van der Waals surface area contributed by atoms with Crippen molar-refractivity contribution < 1.29 is 9.13 Å². The van der Waals surface area contributed by atoms with Gasteiger partial charge in [0, 0.05) is 11.3 Å². The largest absolute Gasteiger partial charge is 0.379 e. The average Bonchev–Trinajstić information content (AvgIpc) is 2.16. The molecule has 1 nitrogen and oxygen atoms in total. The molecule has 0 atom stereocenters. The third-order valence-corrected chi connectivity index (χ3v) is 3.29. The van der Waals surface area contributed by atoms with Crippen LogP contribution in [0.25, 0.3) is 0 Å². The quantitative estimate of drug-likeness (QED) is 0.723. The summed E-state index contributed by atoms with van der Waals surface area (Å²) in [5.74, 6) is 0.458. The Labute approximate surface area is 94.2 Å². The maximum absolute atomic E-state index is 13.1. The van der Waals surface area contributed by atoms with Crippen molar-refractivity contribution in [2.45, 2.75) is 18.8 Å². The van der Waals surface area contributed by atoms with Crippen molar-refractivity contribution in [1.82, 2.24) is 0 Å². The molecule has 2 rings (SSSR count). The highest BCUT2D eigenvalue weighted by atomic mass is 35.5. The molecule has 0 bridgehead atoms. The Morgan fingerprint density at radius 1 is 1.47 bits per heavy atom. The number of ether oxygens (including phenoxy) is 1. The standard InChI is InChI=1S/C12H14ClFO/c1-9-6-10(2-3-11(9)14)12(4-5-13)7-15-8-12/h2-3,6H,4-5,7-8H2,1H3. The van der Waals surface area contributed by atoms with Crippen molar-refractivity contribution in [3.8, 4) is 0 Å². The van der Waals surface area contributed by atoms with Crippen LogP contribution in [-0.2, 0) is 10.2 Å². The van der Waals surface area contributed by atoms with Gasteiger partial charge < -0.3 is 4.74 Å². The first-order valence-corrected chi connectivity index (χ1v) is 5.62. The number of benzene rings is 1. The van der Waals surface area contributed by atoms with Gasteiger partial charge >= 0.3 is 0 Å². The van der Waals surface area contributed by atoms with Crippen LogP contribution in [0.15, 0.2) is 18.2 Å². The van der Waals surface area contributed by atoms with Gasteiger partial charge in [0.25, 0.3) is 0 Å². The van der Waals surface area contributed by atoms with Crippen molar-refractivity contribution in [1.29, 1.82) is 0 Å². The van der Waals surface area contributed by atoms with E-state index in [1.54, 1.807) is 6.92 Å². The molecule has 0 N–H and O–H groups in total. The fraction of sp³-hybridized carbons (Fsp3) is 0.500. The van der Waals surface area contributed by atoms with Gasteiger partial charge in [-0.05, 0) is 30.5 Å². The number of alkyl halides is 1. The van der Waals surface area contributed by atoms with E-state index in [1.807, 2.05) is 12.1 Å². The van der Waals surface area contributed by atoms with Crippen LogP contribution in [0.2, 0.25) is 0 Å². The molecule has 0 radical (unpaired) electrons. The Morgan fingerprint density at radius 3 is 2.67 bits per heavy atom. The number of halogens is 2. The zero-order valence-electron chi connectivity index (χ0n) is 8.72. The molecule has 0 spiro atoms. The van der Waals surface area contributed by atoms with Crippen LogP contribution in [0, 0.1) is 12.7 Å². The third-order valence-electron chi connectivity index (χ3n) is 3.10. The number of aryl methyl sites for hydroxylation is 1. The summed E-state index contributed by atoms with van der Waals surface area (Å²) in [6, 6.07) is 5.28. The summed E-state index contributed by atoms with van der Waals surface area (Å²) in [5, 5.41) is 0. The third kappa shape index (κ3) is 1.88. The van der Waals surface area contributed by atoms with E-state index in [0.29, 0.717) is 24.7 Å². The minimum Gasteiger partial charge on any atom is -0.379 e. The van der Waals surface area contributed by atoms with Gasteiger partial charge in [-0.15, -0.1) is 11.6 Å². The van der Waals surface area contributed by atoms with Gasteiger partial charge in [-0.3, -0.25) is 0 Å². The molecule has 1 aliphatic rings. The van der Waals surface area contributed by atoms with E-state index in [2.05, 4.69) is 0 Å². The molecule has 0 aliphatic carbocycles. The Kier molecular flexibility index (Phi) is 2.98. The van der Waals surface area contributed by atoms with E-state index in [9.17, 15) is 4.39 Å². The summed E-state index contributed by atoms with van der Waals surface area (Å²) < 4.78 is 18.4. The van der Waals surface area contributed by atoms with Gasteiger partial charge in [0.05, 0.1) is 13.2 Å². The Hall–Kier alpha value is -0.600. The van der Waals surface area contributed by atoms with Gasteiger partial charge in [-0.25, -0.2) is 4.39 Å². The molecule has 1 saturated heterocycles. The van der Waals surface area contributed by atoms with Crippen molar-refractivity contribution in [2.75, 3.05) is 19.1 Å². The Morgan fingerprint density at radius 2 is 2.20 bits per heavy atom. The summed E-state index contributed by atoms with van der Waals surface area (Å²) in [4.78, 5) is 0. The molecule has 0 saturated carbocycles. The molecule has 1 aliphatic heterocycles. The van der Waals surface area contributed by atoms with Gasteiger partial charge in [-0.2, -0.15) is 0 Å². The highest BCUT2D eigenvalue weighted by Gasteiger charge is 2.39. The second kappa shape index (κ2) is 4.11. The fourth-order valence-corrected chi connectivity index (χ4v) is 2.32. The zero-order chi connectivity index (χ0) is 10.9. The SMILES string of the molecule is Cc1cc(C2(CCCl)COC2)ccc1F. The van der Waals surface area contributed by atoms with Gasteiger partial charge in [0.2, 0.25) is 0 Å². The molecule has 15 heavy (non-hydrogen) atoms. The Bertz CT molecular complexity index is 361. The molecule has 0 aromatic heterocycles. The van der Waals surface area contributed by atoms with Crippen LogP contribution in [0.4, 0.5) is 4.39 Å². The van der Waals surface area contributed by atoms with Crippen molar-refractivity contribution in [2.24, 2.45) is 0 Å². The smallest absolute Gasteiger partial charge is 0.126 e. The highest BCUT2D eigenvalue weighted by Crippen LogP contribution is 2.36. The van der Waals surface area contributed by atoms with E-state index in [4.69, 9.17) is 16.3 Å². The summed E-state index contributed by atoms with van der Waals surface area (Å²) in [6.07, 6.45) is 0.889. The second-order valence-electron chi connectivity index (χ2n) is 4.18. The van der Waals surface area contributed by atoms with Crippen LogP contribution in [0.1, 0.15) is 17.5 Å². The lowest BCUT2D eigenvalue weighted by molar-refractivity contribution is -0.0616. The zero-order valence-corrected chi connectivity index (χ0v) is 9.48. The van der Waals surface area contributed by atoms with Crippen LogP contribution in [0.3, 0.4) is 0 Å². The summed E-state index contributed by atoms with van der Waals surface area (Å²) in [5.41, 5.74) is 1.86. The molecule has 1 aromatic carbocycles. The predicted octanol–water partition coefficient (Wildman–Crippen LogP) is 3.03. The average molecular weight is 229 g/mol. The van der Waals surface area contributed by atoms with Crippen molar-refractivity contribution in [3.05, 3.63) is 35.1 Å². The number of rotatable bonds is 3. The molecule has 82 valence electrons. The van der Waals surface area contributed by atoms with Gasteiger partial charge in [-0.1, -0.05) is 12.1 Å². The topological polar surface area (TPSA) is 9.23 Å². The summed E-state index contributed by atoms with van der Waals surface area (Å²) >= 11 is 5.79. The Balaban J connectivity index is 2.30. The maximum atomic E-state index is 13.1. The maximum Gasteiger partial charge on any atom is 0.126 e. The number of hydrogen-bond donors (Lipinski definition) is 0. The molecular weight excluding hydrogens is 215 g/mol. The van der Waals surface area contributed by atoms with E-state index < -0.39 is 0 Å². The highest BCUT2D eigenvalue weighted by molar-refractivity contribution is 6.17. The molecule has 1 heterocycles. The fourth-order valence-electron chi connectivity index (χ4n) is 1.96. The molecular formula is C12H14ClFO. The van der Waals surface area contributed by atoms with Crippen LogP contribution in [-0.4, -0.2) is 19.1 Å². The van der Waals surface area contributed by atoms with Crippen LogP contribution >= 0.6 is 11.6 Å². The first-order valence-electron chi connectivity index (χ1n) is 5.08. The predicted molar refractivity (Wildman–Crippen MR) is 59.0 cm³/mol. The van der Waals surface area contributed by atoms with Crippen LogP contribution < -0.4 is 0 Å². The van der Waals surface area contributed by atoms with Crippen molar-refractivity contribution >= 4 is 11.6 Å². The minimum atomic E-state index is -0.153. The summed E-state index contributed by atoms with van der Waals surface area (Å²) in [7, 11) is 0. The van der Waals surface area contributed by atoms with Crippen molar-refractivity contribution in [3.63, 3.8) is 0 Å². The molecule has 0 unspecified atom stereocenters.